The first-order valence-electron chi connectivity index (χ1n) is 11.5. The van der Waals surface area contributed by atoms with E-state index in [2.05, 4.69) is 4.72 Å². The van der Waals surface area contributed by atoms with Gasteiger partial charge in [-0.3, -0.25) is 0 Å². The predicted molar refractivity (Wildman–Crippen MR) is 120 cm³/mol. The zero-order chi connectivity index (χ0) is 21.5. The van der Waals surface area contributed by atoms with Gasteiger partial charge in [0.15, 0.2) is 0 Å². The summed E-state index contributed by atoms with van der Waals surface area (Å²) < 4.78 is 42.3. The fourth-order valence-corrected chi connectivity index (χ4v) is 7.00. The minimum atomic E-state index is -3.76. The molecule has 1 N–H and O–H groups in total. The Morgan fingerprint density at radius 2 is 1.71 bits per heavy atom. The zero-order valence-electron chi connectivity index (χ0n) is 18.2. The molecule has 1 saturated carbocycles. The van der Waals surface area contributed by atoms with Crippen LogP contribution in [0.15, 0.2) is 41.3 Å². The van der Waals surface area contributed by atoms with E-state index >= 15 is 0 Å². The van der Waals surface area contributed by atoms with E-state index in [0.717, 1.165) is 68.2 Å². The molecular formula is C25H31NO4S. The molecular weight excluding hydrogens is 410 g/mol. The molecule has 166 valence electrons. The van der Waals surface area contributed by atoms with Crippen LogP contribution in [0.5, 0.6) is 11.5 Å². The van der Waals surface area contributed by atoms with E-state index in [1.54, 1.807) is 7.11 Å². The van der Waals surface area contributed by atoms with Crippen molar-refractivity contribution in [2.24, 2.45) is 0 Å². The van der Waals surface area contributed by atoms with Crippen molar-refractivity contribution >= 4 is 10.0 Å². The Bertz CT molecular complexity index is 1070. The van der Waals surface area contributed by atoms with Gasteiger partial charge in [-0.05, 0) is 80.7 Å². The van der Waals surface area contributed by atoms with Crippen LogP contribution < -0.4 is 14.2 Å². The van der Waals surface area contributed by atoms with E-state index in [4.69, 9.17) is 9.47 Å². The Balaban J connectivity index is 1.51. The van der Waals surface area contributed by atoms with Gasteiger partial charge in [0, 0.05) is 12.0 Å². The van der Waals surface area contributed by atoms with Crippen molar-refractivity contribution < 1.29 is 17.9 Å². The number of methoxy groups -OCH3 is 1. The quantitative estimate of drug-likeness (QED) is 0.719. The maximum atomic E-state index is 13.6. The summed E-state index contributed by atoms with van der Waals surface area (Å²) >= 11 is 0. The summed E-state index contributed by atoms with van der Waals surface area (Å²) in [5.41, 5.74) is 2.97. The molecule has 1 aliphatic heterocycles. The standard InChI is InChI=1S/C25H31NO4S/c1-29-23-15-18-9-3-4-10-19(18)16-24(23)31(27,28)26-21-17-25(13-7-2-8-14-25)30-22-12-6-5-11-20(21)22/h5-6,11-12,15-16,21,26H,2-4,7-10,13-14,17H2,1H3. The molecule has 1 spiro atoms. The monoisotopic (exact) mass is 441 g/mol. The van der Waals surface area contributed by atoms with Crippen LogP contribution >= 0.6 is 0 Å². The second-order valence-corrected chi connectivity index (χ2v) is 10.9. The molecule has 5 rings (SSSR count). The summed E-state index contributed by atoms with van der Waals surface area (Å²) in [4.78, 5) is 0.248. The summed E-state index contributed by atoms with van der Waals surface area (Å²) in [7, 11) is -2.22. The van der Waals surface area contributed by atoms with E-state index in [1.165, 1.54) is 12.0 Å². The number of hydrogen-bond acceptors (Lipinski definition) is 4. The summed E-state index contributed by atoms with van der Waals surface area (Å²) in [6, 6.07) is 11.3. The summed E-state index contributed by atoms with van der Waals surface area (Å²) in [6.07, 6.45) is 10.2. The third-order valence-corrected chi connectivity index (χ3v) is 8.67. The number of nitrogens with one attached hydrogen (secondary N) is 1. The minimum absolute atomic E-state index is 0.248. The van der Waals surface area contributed by atoms with Crippen molar-refractivity contribution in [1.29, 1.82) is 0 Å². The average molecular weight is 442 g/mol. The molecule has 3 aliphatic rings. The molecule has 1 fully saturated rings. The van der Waals surface area contributed by atoms with E-state index in [0.29, 0.717) is 12.2 Å². The Labute approximate surface area is 185 Å². The molecule has 0 aromatic heterocycles. The molecule has 0 saturated heterocycles. The molecule has 1 unspecified atom stereocenters. The van der Waals surface area contributed by atoms with Gasteiger partial charge in [0.05, 0.1) is 13.2 Å². The lowest BCUT2D eigenvalue weighted by atomic mass is 9.77. The highest BCUT2D eigenvalue weighted by molar-refractivity contribution is 7.89. The first-order chi connectivity index (χ1) is 15.0. The third kappa shape index (κ3) is 3.96. The van der Waals surface area contributed by atoms with Crippen molar-refractivity contribution in [1.82, 2.24) is 4.72 Å². The summed E-state index contributed by atoms with van der Waals surface area (Å²) in [5.74, 6) is 1.24. The van der Waals surface area contributed by atoms with Crippen molar-refractivity contribution in [3.8, 4) is 11.5 Å². The molecule has 1 atom stereocenters. The molecule has 1 heterocycles. The fraction of sp³-hybridized carbons (Fsp3) is 0.520. The van der Waals surface area contributed by atoms with Gasteiger partial charge in [-0.2, -0.15) is 0 Å². The van der Waals surface area contributed by atoms with E-state index in [1.807, 2.05) is 36.4 Å². The maximum absolute atomic E-state index is 13.6. The first kappa shape index (κ1) is 20.8. The van der Waals surface area contributed by atoms with Crippen LogP contribution in [0, 0.1) is 0 Å². The second kappa shape index (κ2) is 8.14. The van der Waals surface area contributed by atoms with Gasteiger partial charge in [-0.1, -0.05) is 24.6 Å². The number of hydrogen-bond donors (Lipinski definition) is 1. The minimum Gasteiger partial charge on any atom is -0.495 e. The van der Waals surface area contributed by atoms with Crippen LogP contribution in [0.2, 0.25) is 0 Å². The van der Waals surface area contributed by atoms with Gasteiger partial charge >= 0.3 is 0 Å². The normalized spacial score (nSPS) is 22.3. The van der Waals surface area contributed by atoms with Gasteiger partial charge in [-0.25, -0.2) is 13.1 Å². The molecule has 0 amide bonds. The number of para-hydroxylation sites is 1. The van der Waals surface area contributed by atoms with Crippen molar-refractivity contribution in [3.63, 3.8) is 0 Å². The molecule has 0 radical (unpaired) electrons. The number of sulfonamides is 1. The maximum Gasteiger partial charge on any atom is 0.244 e. The number of aryl methyl sites for hydroxylation is 2. The number of ether oxygens (including phenoxy) is 2. The lowest BCUT2D eigenvalue weighted by Gasteiger charge is -2.44. The van der Waals surface area contributed by atoms with Crippen LogP contribution in [0.3, 0.4) is 0 Å². The van der Waals surface area contributed by atoms with E-state index < -0.39 is 10.0 Å². The molecule has 0 bridgehead atoms. The molecule has 6 heteroatoms. The number of fused-ring (bicyclic) bond motifs is 2. The highest BCUT2D eigenvalue weighted by atomic mass is 32.2. The van der Waals surface area contributed by atoms with Crippen LogP contribution in [0.1, 0.15) is 74.1 Å². The van der Waals surface area contributed by atoms with Crippen molar-refractivity contribution in [3.05, 3.63) is 53.1 Å². The summed E-state index contributed by atoms with van der Waals surface area (Å²) in [6.45, 7) is 0. The zero-order valence-corrected chi connectivity index (χ0v) is 19.0. The largest absolute Gasteiger partial charge is 0.495 e. The number of rotatable bonds is 4. The van der Waals surface area contributed by atoms with E-state index in [9.17, 15) is 8.42 Å². The highest BCUT2D eigenvalue weighted by Gasteiger charge is 2.43. The van der Waals surface area contributed by atoms with Gasteiger partial charge < -0.3 is 9.47 Å². The Hall–Kier alpha value is -2.05. The average Bonchev–Trinajstić information content (AvgIpc) is 2.78. The molecule has 2 aromatic carbocycles. The van der Waals surface area contributed by atoms with Crippen LogP contribution in [0.25, 0.3) is 0 Å². The molecule has 5 nitrogen and oxygen atoms in total. The highest BCUT2D eigenvalue weighted by Crippen LogP contribution is 2.46. The summed E-state index contributed by atoms with van der Waals surface area (Å²) in [5, 5.41) is 0. The van der Waals surface area contributed by atoms with Crippen LogP contribution in [-0.4, -0.2) is 21.1 Å². The first-order valence-corrected chi connectivity index (χ1v) is 13.0. The topological polar surface area (TPSA) is 64.6 Å². The second-order valence-electron chi connectivity index (χ2n) is 9.24. The van der Waals surface area contributed by atoms with Gasteiger partial charge in [0.1, 0.15) is 22.0 Å². The number of benzene rings is 2. The van der Waals surface area contributed by atoms with Gasteiger partial charge in [-0.15, -0.1) is 0 Å². The third-order valence-electron chi connectivity index (χ3n) is 7.18. The van der Waals surface area contributed by atoms with E-state index in [-0.39, 0.29) is 16.5 Å². The predicted octanol–water partition coefficient (Wildman–Crippen LogP) is 5.08. The van der Waals surface area contributed by atoms with Crippen molar-refractivity contribution in [2.75, 3.05) is 7.11 Å². The van der Waals surface area contributed by atoms with Crippen molar-refractivity contribution in [2.45, 2.75) is 80.7 Å². The van der Waals surface area contributed by atoms with Gasteiger partial charge in [0.2, 0.25) is 10.0 Å². The Morgan fingerprint density at radius 1 is 1.00 bits per heavy atom. The Morgan fingerprint density at radius 3 is 2.45 bits per heavy atom. The SMILES string of the molecule is COc1cc2c(cc1S(=O)(=O)NC1CC3(CCCCC3)Oc3ccccc31)CCCC2. The fourth-order valence-electron chi connectivity index (χ4n) is 5.59. The lowest BCUT2D eigenvalue weighted by Crippen LogP contribution is -2.46. The molecule has 2 aliphatic carbocycles. The van der Waals surface area contributed by atoms with Crippen LogP contribution in [-0.2, 0) is 22.9 Å². The Kier molecular flexibility index (Phi) is 5.47. The lowest BCUT2D eigenvalue weighted by molar-refractivity contribution is 0.0000734. The van der Waals surface area contributed by atoms with Gasteiger partial charge in [0.25, 0.3) is 0 Å². The smallest absolute Gasteiger partial charge is 0.244 e. The molecule has 31 heavy (non-hydrogen) atoms. The van der Waals surface area contributed by atoms with Crippen LogP contribution in [0.4, 0.5) is 0 Å². The molecule has 2 aromatic rings.